The van der Waals surface area contributed by atoms with E-state index in [2.05, 4.69) is 37.0 Å². The van der Waals surface area contributed by atoms with Gasteiger partial charge in [0.05, 0.1) is 13.3 Å². The van der Waals surface area contributed by atoms with Crippen molar-refractivity contribution in [3.63, 3.8) is 0 Å². The Balaban J connectivity index is 1.85. The number of hydrogen-bond donors (Lipinski definition) is 1. The molecule has 1 aromatic carbocycles. The lowest BCUT2D eigenvalue weighted by molar-refractivity contribution is 0.163. The fourth-order valence-corrected chi connectivity index (χ4v) is 4.19. The number of hydrogen-bond acceptors (Lipinski definition) is 5. The van der Waals surface area contributed by atoms with Gasteiger partial charge in [-0.3, -0.25) is 4.98 Å². The predicted molar refractivity (Wildman–Crippen MR) is 97.6 cm³/mol. The van der Waals surface area contributed by atoms with Gasteiger partial charge in [0, 0.05) is 11.8 Å². The Bertz CT molecular complexity index is 860. The summed E-state index contributed by atoms with van der Waals surface area (Å²) in [5.41, 5.74) is 10.3. The van der Waals surface area contributed by atoms with E-state index in [0.29, 0.717) is 6.61 Å². The van der Waals surface area contributed by atoms with Crippen molar-refractivity contribution in [3.8, 4) is 16.9 Å². The first kappa shape index (κ1) is 15.9. The standard InChI is InChI=1S/C20H23N3O2/c1-19(2)8-14-5-4-13(15-6-16(24-3)10-22-9-15)7-17(14)20(11-19)12-25-18(21)23-20/h4-7,9-10H,8,11-12H2,1-3H3,(H2,21,23). The van der Waals surface area contributed by atoms with Gasteiger partial charge in [0.25, 0.3) is 6.02 Å². The highest BCUT2D eigenvalue weighted by atomic mass is 16.5. The zero-order valence-electron chi connectivity index (χ0n) is 14.9. The Morgan fingerprint density at radius 2 is 2.00 bits per heavy atom. The molecular weight excluding hydrogens is 314 g/mol. The zero-order chi connectivity index (χ0) is 17.7. The van der Waals surface area contributed by atoms with Crippen molar-refractivity contribution < 1.29 is 9.47 Å². The van der Waals surface area contributed by atoms with E-state index >= 15 is 0 Å². The van der Waals surface area contributed by atoms with E-state index in [1.54, 1.807) is 13.3 Å². The Morgan fingerprint density at radius 1 is 1.16 bits per heavy atom. The molecule has 2 heterocycles. The highest BCUT2D eigenvalue weighted by Crippen LogP contribution is 2.49. The van der Waals surface area contributed by atoms with Crippen LogP contribution in [-0.4, -0.2) is 24.7 Å². The summed E-state index contributed by atoms with van der Waals surface area (Å²) in [6.07, 6.45) is 5.51. The van der Waals surface area contributed by atoms with Gasteiger partial charge in [0.1, 0.15) is 17.9 Å². The summed E-state index contributed by atoms with van der Waals surface area (Å²) < 4.78 is 10.9. The van der Waals surface area contributed by atoms with Gasteiger partial charge in [-0.2, -0.15) is 0 Å². The lowest BCUT2D eigenvalue weighted by atomic mass is 9.65. The van der Waals surface area contributed by atoms with Crippen molar-refractivity contribution in [2.24, 2.45) is 16.1 Å². The fourth-order valence-electron chi connectivity index (χ4n) is 4.19. The number of methoxy groups -OCH3 is 1. The van der Waals surface area contributed by atoms with Crippen molar-refractivity contribution in [2.45, 2.75) is 32.2 Å². The van der Waals surface area contributed by atoms with Crippen LogP contribution in [0, 0.1) is 5.41 Å². The van der Waals surface area contributed by atoms with Gasteiger partial charge in [-0.05, 0) is 47.1 Å². The van der Waals surface area contributed by atoms with E-state index in [1.165, 1.54) is 11.1 Å². The second-order valence-electron chi connectivity index (χ2n) is 7.77. The number of aliphatic imine (C=N–C) groups is 1. The highest BCUT2D eigenvalue weighted by Gasteiger charge is 2.47. The van der Waals surface area contributed by atoms with Crippen molar-refractivity contribution in [1.82, 2.24) is 4.98 Å². The topological polar surface area (TPSA) is 69.7 Å². The molecule has 1 aliphatic heterocycles. The molecule has 0 fully saturated rings. The van der Waals surface area contributed by atoms with E-state index in [-0.39, 0.29) is 17.0 Å². The van der Waals surface area contributed by atoms with Crippen LogP contribution < -0.4 is 10.5 Å². The number of pyridine rings is 1. The summed E-state index contributed by atoms with van der Waals surface area (Å²) in [5.74, 6) is 0.748. The molecule has 5 nitrogen and oxygen atoms in total. The van der Waals surface area contributed by atoms with Crippen LogP contribution in [0.1, 0.15) is 31.4 Å². The molecule has 2 N–H and O–H groups in total. The SMILES string of the molecule is COc1cncc(-c2ccc3c(c2)C2(COC(N)=N2)CC(C)(C)C3)c1. The maximum atomic E-state index is 5.87. The zero-order valence-corrected chi connectivity index (χ0v) is 14.9. The number of benzene rings is 1. The van der Waals surface area contributed by atoms with Crippen molar-refractivity contribution >= 4 is 6.02 Å². The third-order valence-electron chi connectivity index (χ3n) is 5.12. The summed E-state index contributed by atoms with van der Waals surface area (Å²) in [7, 11) is 1.65. The van der Waals surface area contributed by atoms with Crippen molar-refractivity contribution in [3.05, 3.63) is 47.8 Å². The minimum Gasteiger partial charge on any atom is -0.495 e. The van der Waals surface area contributed by atoms with E-state index < -0.39 is 0 Å². The Kier molecular flexibility index (Phi) is 3.49. The molecule has 4 rings (SSSR count). The van der Waals surface area contributed by atoms with Crippen molar-refractivity contribution in [1.29, 1.82) is 0 Å². The van der Waals surface area contributed by atoms with Crippen LogP contribution in [0.25, 0.3) is 11.1 Å². The van der Waals surface area contributed by atoms with Gasteiger partial charge in [-0.1, -0.05) is 26.0 Å². The second-order valence-corrected chi connectivity index (χ2v) is 7.77. The van der Waals surface area contributed by atoms with E-state index in [0.717, 1.165) is 29.7 Å². The molecule has 0 amide bonds. The van der Waals surface area contributed by atoms with Crippen LogP contribution in [0.5, 0.6) is 5.75 Å². The van der Waals surface area contributed by atoms with Gasteiger partial charge in [0.2, 0.25) is 0 Å². The molecule has 2 aromatic rings. The maximum Gasteiger partial charge on any atom is 0.283 e. The van der Waals surface area contributed by atoms with Crippen molar-refractivity contribution in [2.75, 3.05) is 13.7 Å². The minimum absolute atomic E-state index is 0.156. The summed E-state index contributed by atoms with van der Waals surface area (Å²) in [6, 6.07) is 8.85. The molecule has 0 bridgehead atoms. The number of fused-ring (bicyclic) bond motifs is 2. The highest BCUT2D eigenvalue weighted by molar-refractivity contribution is 5.75. The minimum atomic E-state index is -0.385. The third-order valence-corrected chi connectivity index (χ3v) is 5.12. The number of nitrogens with two attached hydrogens (primary N) is 1. The van der Waals surface area contributed by atoms with E-state index in [9.17, 15) is 0 Å². The van der Waals surface area contributed by atoms with Crippen LogP contribution in [0.15, 0.2) is 41.7 Å². The molecule has 0 saturated heterocycles. The van der Waals surface area contributed by atoms with Gasteiger partial charge in [-0.25, -0.2) is 4.99 Å². The van der Waals surface area contributed by atoms with E-state index in [1.807, 2.05) is 12.3 Å². The van der Waals surface area contributed by atoms with Gasteiger partial charge >= 0.3 is 0 Å². The van der Waals surface area contributed by atoms with Crippen LogP contribution in [0.4, 0.5) is 0 Å². The Labute approximate surface area is 147 Å². The van der Waals surface area contributed by atoms with Crippen LogP contribution in [-0.2, 0) is 16.7 Å². The second kappa shape index (κ2) is 5.48. The van der Waals surface area contributed by atoms with E-state index in [4.69, 9.17) is 20.2 Å². The maximum absolute atomic E-state index is 5.87. The van der Waals surface area contributed by atoms with Gasteiger partial charge in [-0.15, -0.1) is 0 Å². The Hall–Kier alpha value is -2.56. The predicted octanol–water partition coefficient (Wildman–Crippen LogP) is 3.27. The van der Waals surface area contributed by atoms with Crippen LogP contribution in [0.3, 0.4) is 0 Å². The quantitative estimate of drug-likeness (QED) is 0.913. The lowest BCUT2D eigenvalue weighted by Crippen LogP contribution is -2.39. The summed E-state index contributed by atoms with van der Waals surface area (Å²) in [5, 5.41) is 0. The molecule has 0 radical (unpaired) electrons. The summed E-state index contributed by atoms with van der Waals surface area (Å²) in [4.78, 5) is 8.99. The van der Waals surface area contributed by atoms with Crippen LogP contribution >= 0.6 is 0 Å². The largest absolute Gasteiger partial charge is 0.495 e. The molecule has 1 unspecified atom stereocenters. The molecule has 0 saturated carbocycles. The fraction of sp³-hybridized carbons (Fsp3) is 0.400. The smallest absolute Gasteiger partial charge is 0.283 e. The molecule has 130 valence electrons. The molecule has 1 aliphatic carbocycles. The molecule has 2 aliphatic rings. The normalized spacial score (nSPS) is 23.7. The average molecular weight is 337 g/mol. The molecular formula is C20H23N3O2. The number of ether oxygens (including phenoxy) is 2. The third kappa shape index (κ3) is 2.73. The number of nitrogens with zero attached hydrogens (tertiary/aromatic N) is 2. The van der Waals surface area contributed by atoms with Crippen LogP contribution in [0.2, 0.25) is 0 Å². The molecule has 5 heteroatoms. The first-order chi connectivity index (χ1) is 11.9. The van der Waals surface area contributed by atoms with Gasteiger partial charge < -0.3 is 15.2 Å². The monoisotopic (exact) mass is 337 g/mol. The molecule has 1 atom stereocenters. The molecule has 1 spiro atoms. The summed E-state index contributed by atoms with van der Waals surface area (Å²) in [6.45, 7) is 5.07. The number of amidine groups is 1. The Morgan fingerprint density at radius 3 is 2.72 bits per heavy atom. The van der Waals surface area contributed by atoms with Gasteiger partial charge in [0.15, 0.2) is 0 Å². The first-order valence-electron chi connectivity index (χ1n) is 8.52. The number of rotatable bonds is 2. The molecule has 25 heavy (non-hydrogen) atoms. The number of aromatic nitrogens is 1. The average Bonchev–Trinajstić information content (AvgIpc) is 2.94. The summed E-state index contributed by atoms with van der Waals surface area (Å²) >= 11 is 0. The molecule has 1 aromatic heterocycles. The lowest BCUT2D eigenvalue weighted by Gasteiger charge is -2.41. The first-order valence-corrected chi connectivity index (χ1v) is 8.52.